The summed E-state index contributed by atoms with van der Waals surface area (Å²) in [4.78, 5) is 0. The fourth-order valence-corrected chi connectivity index (χ4v) is 2.37. The molecule has 5 N–H and O–H groups in total. The third kappa shape index (κ3) is 3.85. The van der Waals surface area contributed by atoms with Gasteiger partial charge in [0.15, 0.2) is 0 Å². The molecule has 108 valence electrons. The Morgan fingerprint density at radius 2 is 2.11 bits per heavy atom. The second-order valence-electron chi connectivity index (χ2n) is 4.62. The van der Waals surface area contributed by atoms with Crippen LogP contribution in [0.5, 0.6) is 0 Å². The highest BCUT2D eigenvalue weighted by molar-refractivity contribution is 7.86. The molecule has 1 fully saturated rings. The Kier molecular flexibility index (Phi) is 5.06. The average molecular weight is 285 g/mol. The van der Waals surface area contributed by atoms with E-state index in [0.717, 1.165) is 0 Å². The Balaban J connectivity index is 2.54. The van der Waals surface area contributed by atoms with Gasteiger partial charge in [-0.3, -0.25) is 4.55 Å². The van der Waals surface area contributed by atoms with Crippen LogP contribution in [-0.4, -0.2) is 71.2 Å². The fraction of sp³-hybridized carbons (Fsp3) is 1.00. The zero-order valence-corrected chi connectivity index (χ0v) is 10.8. The first-order valence-electron chi connectivity index (χ1n) is 5.50. The van der Waals surface area contributed by atoms with Crippen molar-refractivity contribution in [2.24, 2.45) is 0 Å². The van der Waals surface area contributed by atoms with E-state index in [1.807, 2.05) is 6.92 Å². The molecule has 0 aromatic heterocycles. The van der Waals surface area contributed by atoms with Gasteiger partial charge in [0.1, 0.15) is 6.10 Å². The van der Waals surface area contributed by atoms with Gasteiger partial charge in [0.2, 0.25) is 5.44 Å². The van der Waals surface area contributed by atoms with Crippen LogP contribution in [0, 0.1) is 0 Å². The van der Waals surface area contributed by atoms with Crippen molar-refractivity contribution in [2.75, 3.05) is 19.8 Å². The third-order valence-corrected chi connectivity index (χ3v) is 3.87. The first-order valence-corrected chi connectivity index (χ1v) is 7.00. The summed E-state index contributed by atoms with van der Waals surface area (Å²) in [5, 5.41) is 30.6. The second kappa shape index (κ2) is 5.78. The molecule has 0 aromatic carbocycles. The minimum Gasteiger partial charge on any atom is -0.394 e. The molecule has 8 nitrogen and oxygen atoms in total. The first kappa shape index (κ1) is 15.8. The van der Waals surface area contributed by atoms with Crippen molar-refractivity contribution in [1.29, 1.82) is 0 Å². The van der Waals surface area contributed by atoms with Gasteiger partial charge in [-0.1, -0.05) is 0 Å². The zero-order valence-electron chi connectivity index (χ0n) is 9.98. The molecule has 0 bridgehead atoms. The molecule has 18 heavy (non-hydrogen) atoms. The smallest absolute Gasteiger partial charge is 0.294 e. The molecule has 0 saturated carbocycles. The van der Waals surface area contributed by atoms with Gasteiger partial charge in [0.05, 0.1) is 24.9 Å². The van der Waals surface area contributed by atoms with Gasteiger partial charge in [0.25, 0.3) is 10.1 Å². The molecule has 0 spiro atoms. The second-order valence-corrected chi connectivity index (χ2v) is 6.13. The average Bonchev–Trinajstić information content (AvgIpc) is 2.66. The predicted molar refractivity (Wildman–Crippen MR) is 61.4 cm³/mol. The van der Waals surface area contributed by atoms with E-state index in [1.54, 1.807) is 0 Å². The van der Waals surface area contributed by atoms with Crippen molar-refractivity contribution in [3.8, 4) is 0 Å². The van der Waals surface area contributed by atoms with Crippen LogP contribution in [0.3, 0.4) is 0 Å². The van der Waals surface area contributed by atoms with Crippen molar-refractivity contribution in [3.63, 3.8) is 0 Å². The van der Waals surface area contributed by atoms with Crippen molar-refractivity contribution in [2.45, 2.75) is 36.5 Å². The number of nitrogens with one attached hydrogen (secondary N) is 1. The monoisotopic (exact) mass is 285 g/mol. The quantitative estimate of drug-likeness (QED) is 0.343. The van der Waals surface area contributed by atoms with Crippen LogP contribution in [0.1, 0.15) is 13.3 Å². The molecule has 9 heteroatoms. The van der Waals surface area contributed by atoms with E-state index in [0.29, 0.717) is 6.42 Å². The summed E-state index contributed by atoms with van der Waals surface area (Å²) >= 11 is 0. The van der Waals surface area contributed by atoms with Gasteiger partial charge < -0.3 is 25.4 Å². The molecular formula is C9H19NO7S. The van der Waals surface area contributed by atoms with Crippen molar-refractivity contribution < 1.29 is 33.0 Å². The number of hydrogen-bond donors (Lipinski definition) is 5. The van der Waals surface area contributed by atoms with E-state index in [4.69, 9.17) is 14.4 Å². The van der Waals surface area contributed by atoms with Gasteiger partial charge in [-0.05, 0) is 13.3 Å². The number of β-amino-alcohol motifs (C(OH)–C–C–N with tert-alkyl or cyclic N) is 1. The normalized spacial score (nSPS) is 32.4. The summed E-state index contributed by atoms with van der Waals surface area (Å²) in [5.41, 5.74) is -3.04. The van der Waals surface area contributed by atoms with E-state index in [2.05, 4.69) is 5.32 Å². The highest BCUT2D eigenvalue weighted by Gasteiger charge is 2.39. The summed E-state index contributed by atoms with van der Waals surface area (Å²) in [6, 6.07) is 0. The molecule has 1 aliphatic heterocycles. The Hall–Kier alpha value is -0.290. The minimum atomic E-state index is -4.71. The van der Waals surface area contributed by atoms with Gasteiger partial charge >= 0.3 is 0 Å². The number of rotatable bonds is 6. The molecule has 4 unspecified atom stereocenters. The van der Waals surface area contributed by atoms with Crippen LogP contribution in [0.2, 0.25) is 0 Å². The third-order valence-electron chi connectivity index (χ3n) is 2.95. The maximum absolute atomic E-state index is 10.6. The maximum Gasteiger partial charge on any atom is 0.294 e. The lowest BCUT2D eigenvalue weighted by molar-refractivity contribution is 0.0455. The Bertz CT molecular complexity index is 373. The Morgan fingerprint density at radius 3 is 2.50 bits per heavy atom. The number of aliphatic hydroxyl groups excluding tert-OH is 3. The van der Waals surface area contributed by atoms with Crippen LogP contribution in [0.15, 0.2) is 0 Å². The molecule has 0 aliphatic carbocycles. The summed E-state index contributed by atoms with van der Waals surface area (Å²) in [5.74, 6) is 0. The Morgan fingerprint density at radius 1 is 1.50 bits per heavy atom. The molecule has 4 atom stereocenters. The van der Waals surface area contributed by atoms with Crippen molar-refractivity contribution in [1.82, 2.24) is 5.32 Å². The van der Waals surface area contributed by atoms with Crippen molar-refractivity contribution >= 4 is 10.1 Å². The first-order chi connectivity index (χ1) is 8.20. The van der Waals surface area contributed by atoms with Crippen LogP contribution in [0.4, 0.5) is 0 Å². The zero-order chi connectivity index (χ0) is 14.0. The molecular weight excluding hydrogens is 266 g/mol. The van der Waals surface area contributed by atoms with E-state index in [-0.39, 0.29) is 25.9 Å². The van der Waals surface area contributed by atoms with Crippen molar-refractivity contribution in [3.05, 3.63) is 0 Å². The minimum absolute atomic E-state index is 0.0618. The number of ether oxygens (including phenoxy) is 1. The Labute approximate surface area is 105 Å². The highest BCUT2D eigenvalue weighted by Crippen LogP contribution is 2.23. The van der Waals surface area contributed by atoms with E-state index in [9.17, 15) is 18.6 Å². The molecule has 0 radical (unpaired) electrons. The van der Waals surface area contributed by atoms with Crippen LogP contribution in [-0.2, 0) is 14.9 Å². The maximum atomic E-state index is 10.6. The lowest BCUT2D eigenvalue weighted by Crippen LogP contribution is -2.54. The highest BCUT2D eigenvalue weighted by atomic mass is 32.2. The molecule has 1 heterocycles. The van der Waals surface area contributed by atoms with Gasteiger partial charge in [-0.15, -0.1) is 0 Å². The molecule has 0 aromatic rings. The molecule has 1 aliphatic rings. The summed E-state index contributed by atoms with van der Waals surface area (Å²) in [7, 11) is -4.71. The lowest BCUT2D eigenvalue weighted by atomic mass is 9.97. The SMILES string of the molecule is CC1CC(CO)(NCC(O)C(O)S(=O)(=O)O)CO1. The van der Waals surface area contributed by atoms with Gasteiger partial charge in [-0.2, -0.15) is 8.42 Å². The summed E-state index contributed by atoms with van der Waals surface area (Å²) in [6.45, 7) is 1.51. The number of hydrogen-bond acceptors (Lipinski definition) is 7. The summed E-state index contributed by atoms with van der Waals surface area (Å²) < 4.78 is 35.1. The van der Waals surface area contributed by atoms with E-state index < -0.39 is 27.2 Å². The fourth-order valence-electron chi connectivity index (χ4n) is 1.88. The molecule has 1 saturated heterocycles. The lowest BCUT2D eigenvalue weighted by Gasteiger charge is -2.28. The largest absolute Gasteiger partial charge is 0.394 e. The van der Waals surface area contributed by atoms with Crippen LogP contribution >= 0.6 is 0 Å². The van der Waals surface area contributed by atoms with Crippen LogP contribution in [0.25, 0.3) is 0 Å². The van der Waals surface area contributed by atoms with Crippen LogP contribution < -0.4 is 5.32 Å². The molecule has 1 rings (SSSR count). The number of aliphatic hydroxyl groups is 3. The topological polar surface area (TPSA) is 136 Å². The van der Waals surface area contributed by atoms with E-state index >= 15 is 0 Å². The predicted octanol–water partition coefficient (Wildman–Crippen LogP) is -2.32. The van der Waals surface area contributed by atoms with E-state index in [1.165, 1.54) is 0 Å². The molecule has 0 amide bonds. The van der Waals surface area contributed by atoms with Gasteiger partial charge in [-0.25, -0.2) is 0 Å². The van der Waals surface area contributed by atoms with Gasteiger partial charge in [0, 0.05) is 6.54 Å². The summed E-state index contributed by atoms with van der Waals surface area (Å²) in [6.07, 6.45) is -1.26. The standard InChI is InChI=1S/C9H19NO7S/c1-6-2-9(4-11,5-17-6)10-3-7(12)8(13)18(14,15)16/h6-8,10-13H,2-5H2,1H3,(H,14,15,16).